The summed E-state index contributed by atoms with van der Waals surface area (Å²) in [6.07, 6.45) is 4.93. The van der Waals surface area contributed by atoms with Crippen molar-refractivity contribution in [2.45, 2.75) is 64.1 Å². The van der Waals surface area contributed by atoms with E-state index in [1.54, 1.807) is 0 Å². The fraction of sp³-hybridized carbons (Fsp3) is 0.696. The van der Waals surface area contributed by atoms with E-state index in [1.165, 1.54) is 5.56 Å². The van der Waals surface area contributed by atoms with E-state index in [-0.39, 0.29) is 11.5 Å². The van der Waals surface area contributed by atoms with Crippen LogP contribution in [-0.2, 0) is 16.1 Å². The van der Waals surface area contributed by atoms with Gasteiger partial charge in [0.05, 0.1) is 12.2 Å². The Morgan fingerprint density at radius 2 is 1.89 bits per heavy atom. The molecule has 1 saturated heterocycles. The molecule has 0 N–H and O–H groups in total. The van der Waals surface area contributed by atoms with Crippen molar-refractivity contribution in [2.75, 3.05) is 33.9 Å². The first-order chi connectivity index (χ1) is 13.3. The summed E-state index contributed by atoms with van der Waals surface area (Å²) in [6, 6.07) is 8.66. The third kappa shape index (κ3) is 6.21. The molecule has 1 aromatic rings. The smallest absolute Gasteiger partial charge is 0.226 e. The van der Waals surface area contributed by atoms with Crippen LogP contribution in [0.3, 0.4) is 0 Å². The lowest BCUT2D eigenvalue weighted by molar-refractivity contribution is -0.146. The predicted octanol–water partition coefficient (Wildman–Crippen LogP) is 3.71. The number of benzene rings is 1. The molecular weight excluding hydrogens is 352 g/mol. The van der Waals surface area contributed by atoms with E-state index in [0.29, 0.717) is 25.1 Å². The Morgan fingerprint density at radius 3 is 2.50 bits per heavy atom. The van der Waals surface area contributed by atoms with Crippen LogP contribution in [0.5, 0.6) is 5.75 Å². The first-order valence-corrected chi connectivity index (χ1v) is 10.6. The lowest BCUT2D eigenvalue weighted by atomic mass is 9.87. The topological polar surface area (TPSA) is 42.0 Å². The molecule has 0 bridgehead atoms. The number of ether oxygens (including phenoxy) is 2. The van der Waals surface area contributed by atoms with Crippen molar-refractivity contribution in [1.29, 1.82) is 0 Å². The molecule has 0 radical (unpaired) electrons. The zero-order chi connectivity index (χ0) is 20.1. The van der Waals surface area contributed by atoms with Gasteiger partial charge in [-0.15, -0.1) is 0 Å². The van der Waals surface area contributed by atoms with E-state index in [0.717, 1.165) is 51.0 Å². The van der Waals surface area contributed by atoms with Gasteiger partial charge in [-0.25, -0.2) is 0 Å². The number of carbonyl (C=O) groups excluding carboxylic acids is 1. The Morgan fingerprint density at radius 1 is 1.18 bits per heavy atom. The second-order valence-electron chi connectivity index (χ2n) is 9.14. The van der Waals surface area contributed by atoms with E-state index >= 15 is 0 Å². The van der Waals surface area contributed by atoms with Crippen LogP contribution < -0.4 is 4.74 Å². The van der Waals surface area contributed by atoms with Crippen molar-refractivity contribution in [2.24, 2.45) is 5.92 Å². The molecule has 28 heavy (non-hydrogen) atoms. The molecule has 0 unspecified atom stereocenters. The standard InChI is InChI=1S/C23H36N2O3/c1-23(2)16-19(12-15-28-23)22(26)25(20-8-9-20)17-18-6-10-21(11-7-18)27-14-5-13-24(3)4/h6-7,10-11,19-20H,5,8-9,12-17H2,1-4H3/t19-/m1/s1. The summed E-state index contributed by atoms with van der Waals surface area (Å²) in [4.78, 5) is 17.5. The maximum Gasteiger partial charge on any atom is 0.226 e. The average Bonchev–Trinajstić information content (AvgIpc) is 3.48. The first-order valence-electron chi connectivity index (χ1n) is 10.6. The molecular formula is C23H36N2O3. The summed E-state index contributed by atoms with van der Waals surface area (Å²) >= 11 is 0. The molecule has 0 aromatic heterocycles. The maximum atomic E-state index is 13.2. The van der Waals surface area contributed by atoms with Crippen LogP contribution in [0.4, 0.5) is 0 Å². The van der Waals surface area contributed by atoms with Gasteiger partial charge in [-0.05, 0) is 77.7 Å². The first kappa shape index (κ1) is 21.1. The Balaban J connectivity index is 1.55. The molecule has 2 aliphatic rings. The van der Waals surface area contributed by atoms with Crippen molar-refractivity contribution in [1.82, 2.24) is 9.80 Å². The molecule has 156 valence electrons. The third-order valence-corrected chi connectivity index (χ3v) is 5.61. The third-order valence-electron chi connectivity index (χ3n) is 5.61. The summed E-state index contributed by atoms with van der Waals surface area (Å²) in [7, 11) is 4.14. The van der Waals surface area contributed by atoms with Crippen molar-refractivity contribution in [3.8, 4) is 5.75 Å². The second-order valence-corrected chi connectivity index (χ2v) is 9.14. The predicted molar refractivity (Wildman–Crippen MR) is 111 cm³/mol. The molecule has 2 fully saturated rings. The Kier molecular flexibility index (Phi) is 7.00. The Labute approximate surface area is 170 Å². The summed E-state index contributed by atoms with van der Waals surface area (Å²) < 4.78 is 11.6. The van der Waals surface area contributed by atoms with Crippen LogP contribution in [0.15, 0.2) is 24.3 Å². The van der Waals surface area contributed by atoms with E-state index in [1.807, 2.05) is 12.1 Å². The number of nitrogens with zero attached hydrogens (tertiary/aromatic N) is 2. The quantitative estimate of drug-likeness (QED) is 0.605. The van der Waals surface area contributed by atoms with E-state index in [9.17, 15) is 4.79 Å². The average molecular weight is 389 g/mol. The molecule has 3 rings (SSSR count). The SMILES string of the molecule is CN(C)CCCOc1ccc(CN(C(=O)[C@@H]2CCOC(C)(C)C2)C2CC2)cc1. The van der Waals surface area contributed by atoms with Crippen LogP contribution in [-0.4, -0.2) is 61.2 Å². The molecule has 1 aliphatic heterocycles. The highest BCUT2D eigenvalue weighted by atomic mass is 16.5. The van der Waals surface area contributed by atoms with Gasteiger partial charge in [-0.3, -0.25) is 4.79 Å². The van der Waals surface area contributed by atoms with Gasteiger partial charge in [0.15, 0.2) is 0 Å². The summed E-state index contributed by atoms with van der Waals surface area (Å²) in [6.45, 7) is 7.31. The minimum absolute atomic E-state index is 0.0867. The van der Waals surface area contributed by atoms with Gasteiger partial charge < -0.3 is 19.3 Å². The molecule has 1 atom stereocenters. The van der Waals surface area contributed by atoms with Crippen LogP contribution in [0.2, 0.25) is 0 Å². The number of rotatable bonds is 9. The fourth-order valence-electron chi connectivity index (χ4n) is 3.91. The molecule has 1 aromatic carbocycles. The van der Waals surface area contributed by atoms with Gasteiger partial charge in [0, 0.05) is 31.7 Å². The fourth-order valence-corrected chi connectivity index (χ4v) is 3.91. The monoisotopic (exact) mass is 388 g/mol. The van der Waals surface area contributed by atoms with Gasteiger partial charge in [-0.2, -0.15) is 0 Å². The van der Waals surface area contributed by atoms with Gasteiger partial charge in [-0.1, -0.05) is 12.1 Å². The van der Waals surface area contributed by atoms with Crippen molar-refractivity contribution in [3.63, 3.8) is 0 Å². The number of amides is 1. The number of hydrogen-bond acceptors (Lipinski definition) is 4. The lowest BCUT2D eigenvalue weighted by Gasteiger charge is -2.37. The Hall–Kier alpha value is -1.59. The number of hydrogen-bond donors (Lipinski definition) is 0. The summed E-state index contributed by atoms with van der Waals surface area (Å²) in [5.41, 5.74) is 0.978. The van der Waals surface area contributed by atoms with Gasteiger partial charge in [0.25, 0.3) is 0 Å². The molecule has 0 spiro atoms. The van der Waals surface area contributed by atoms with Crippen molar-refractivity contribution in [3.05, 3.63) is 29.8 Å². The van der Waals surface area contributed by atoms with E-state index < -0.39 is 0 Å². The highest BCUT2D eigenvalue weighted by Gasteiger charge is 2.39. The van der Waals surface area contributed by atoms with Gasteiger partial charge in [0.2, 0.25) is 5.91 Å². The van der Waals surface area contributed by atoms with Crippen molar-refractivity contribution >= 4 is 5.91 Å². The number of carbonyl (C=O) groups is 1. The highest BCUT2D eigenvalue weighted by molar-refractivity contribution is 5.79. The van der Waals surface area contributed by atoms with Crippen LogP contribution in [0, 0.1) is 5.92 Å². The second kappa shape index (κ2) is 9.27. The van der Waals surface area contributed by atoms with E-state index in [4.69, 9.17) is 9.47 Å². The van der Waals surface area contributed by atoms with Crippen LogP contribution in [0.1, 0.15) is 51.5 Å². The molecule has 1 saturated carbocycles. The molecule has 1 heterocycles. The molecule has 5 heteroatoms. The van der Waals surface area contributed by atoms with E-state index in [2.05, 4.69) is 49.9 Å². The zero-order valence-corrected chi connectivity index (χ0v) is 17.9. The van der Waals surface area contributed by atoms with Crippen molar-refractivity contribution < 1.29 is 14.3 Å². The highest BCUT2D eigenvalue weighted by Crippen LogP contribution is 2.35. The van der Waals surface area contributed by atoms with Gasteiger partial charge >= 0.3 is 0 Å². The zero-order valence-electron chi connectivity index (χ0n) is 17.9. The van der Waals surface area contributed by atoms with Gasteiger partial charge in [0.1, 0.15) is 5.75 Å². The summed E-state index contributed by atoms with van der Waals surface area (Å²) in [5.74, 6) is 1.30. The lowest BCUT2D eigenvalue weighted by Crippen LogP contribution is -2.44. The Bertz CT molecular complexity index is 638. The molecule has 1 amide bonds. The minimum atomic E-state index is -0.195. The van der Waals surface area contributed by atoms with Crippen LogP contribution >= 0.6 is 0 Å². The maximum absolute atomic E-state index is 13.2. The molecule has 5 nitrogen and oxygen atoms in total. The molecule has 1 aliphatic carbocycles. The van der Waals surface area contributed by atoms with Crippen LogP contribution in [0.25, 0.3) is 0 Å². The summed E-state index contributed by atoms with van der Waals surface area (Å²) in [5, 5.41) is 0. The minimum Gasteiger partial charge on any atom is -0.494 e. The largest absolute Gasteiger partial charge is 0.494 e. The normalized spacial score (nSPS) is 21.5.